The highest BCUT2D eigenvalue weighted by atomic mass is 35.5. The highest BCUT2D eigenvalue weighted by molar-refractivity contribution is 7.89. The Hall–Kier alpha value is -1.09. The molecule has 2 heterocycles. The van der Waals surface area contributed by atoms with Crippen LogP contribution in [0.25, 0.3) is 0 Å². The summed E-state index contributed by atoms with van der Waals surface area (Å²) in [5.74, 6) is -0.636. The summed E-state index contributed by atoms with van der Waals surface area (Å²) in [7, 11) is -2.52. The van der Waals surface area contributed by atoms with Gasteiger partial charge in [-0.3, -0.25) is 0 Å². The van der Waals surface area contributed by atoms with Gasteiger partial charge in [0.2, 0.25) is 5.09 Å². The molecular formula is C11H17ClN2O5S. The Bertz CT molecular complexity index is 551. The summed E-state index contributed by atoms with van der Waals surface area (Å²) >= 11 is 0. The van der Waals surface area contributed by atoms with E-state index in [0.29, 0.717) is 6.54 Å². The number of ether oxygens (including phenoxy) is 1. The van der Waals surface area contributed by atoms with Crippen LogP contribution in [0.5, 0.6) is 0 Å². The van der Waals surface area contributed by atoms with E-state index < -0.39 is 16.0 Å². The molecule has 0 radical (unpaired) electrons. The van der Waals surface area contributed by atoms with E-state index in [-0.39, 0.29) is 29.1 Å². The van der Waals surface area contributed by atoms with E-state index >= 15 is 0 Å². The number of halogens is 1. The summed E-state index contributed by atoms with van der Waals surface area (Å²) in [5, 5.41) is 2.90. The third kappa shape index (κ3) is 3.95. The fourth-order valence-corrected chi connectivity index (χ4v) is 2.91. The molecule has 9 heteroatoms. The van der Waals surface area contributed by atoms with Crippen LogP contribution in [0.3, 0.4) is 0 Å². The Morgan fingerprint density at radius 1 is 1.60 bits per heavy atom. The van der Waals surface area contributed by atoms with Crippen molar-refractivity contribution in [1.82, 2.24) is 10.0 Å². The van der Waals surface area contributed by atoms with E-state index in [4.69, 9.17) is 4.42 Å². The average Bonchev–Trinajstić information content (AvgIpc) is 3.06. The van der Waals surface area contributed by atoms with Gasteiger partial charge in [0.05, 0.1) is 12.7 Å². The quantitative estimate of drug-likeness (QED) is 0.766. The molecule has 2 rings (SSSR count). The van der Waals surface area contributed by atoms with Gasteiger partial charge in [-0.05, 0) is 19.4 Å². The minimum Gasteiger partial charge on any atom is -0.465 e. The van der Waals surface area contributed by atoms with E-state index in [0.717, 1.165) is 31.7 Å². The van der Waals surface area contributed by atoms with Gasteiger partial charge in [-0.25, -0.2) is 17.9 Å². The largest absolute Gasteiger partial charge is 0.465 e. The number of rotatable bonds is 5. The first kappa shape index (κ1) is 17.0. The average molecular weight is 325 g/mol. The van der Waals surface area contributed by atoms with Gasteiger partial charge in [0.25, 0.3) is 10.0 Å². The van der Waals surface area contributed by atoms with Crippen molar-refractivity contribution < 1.29 is 22.4 Å². The molecule has 1 aliphatic heterocycles. The maximum absolute atomic E-state index is 11.9. The molecule has 114 valence electrons. The molecule has 0 aromatic carbocycles. The van der Waals surface area contributed by atoms with Gasteiger partial charge >= 0.3 is 5.97 Å². The standard InChI is InChI=1S/C11H16N2O5S.ClH/c1-17-11(14)8-5-10(18-7-8)19(15,16)13-6-9-3-2-4-12-9;/h5,7,9,12-13H,2-4,6H2,1H3;1H. The lowest BCUT2D eigenvalue weighted by Gasteiger charge is -2.10. The van der Waals surface area contributed by atoms with Gasteiger partial charge in [0.15, 0.2) is 0 Å². The van der Waals surface area contributed by atoms with Crippen LogP contribution in [0.2, 0.25) is 0 Å². The van der Waals surface area contributed by atoms with E-state index in [9.17, 15) is 13.2 Å². The van der Waals surface area contributed by atoms with Gasteiger partial charge in [0.1, 0.15) is 6.26 Å². The molecule has 20 heavy (non-hydrogen) atoms. The van der Waals surface area contributed by atoms with Crippen molar-refractivity contribution in [2.24, 2.45) is 0 Å². The number of carbonyl (C=O) groups excluding carboxylic acids is 1. The molecule has 1 aliphatic rings. The first-order valence-corrected chi connectivity index (χ1v) is 7.41. The van der Waals surface area contributed by atoms with Crippen molar-refractivity contribution in [3.05, 3.63) is 17.9 Å². The molecule has 1 atom stereocenters. The second-order valence-corrected chi connectivity index (χ2v) is 5.99. The predicted molar refractivity (Wildman–Crippen MR) is 73.5 cm³/mol. The zero-order valence-electron chi connectivity index (χ0n) is 10.9. The second kappa shape index (κ2) is 7.07. The maximum atomic E-state index is 11.9. The summed E-state index contributed by atoms with van der Waals surface area (Å²) in [6, 6.07) is 1.29. The molecule has 0 bridgehead atoms. The third-order valence-corrected chi connectivity index (χ3v) is 4.23. The van der Waals surface area contributed by atoms with Crippen LogP contribution in [0, 0.1) is 0 Å². The number of sulfonamides is 1. The molecule has 1 unspecified atom stereocenters. The maximum Gasteiger partial charge on any atom is 0.341 e. The monoisotopic (exact) mass is 324 g/mol. The van der Waals surface area contributed by atoms with Crippen molar-refractivity contribution >= 4 is 28.4 Å². The van der Waals surface area contributed by atoms with Gasteiger partial charge in [-0.2, -0.15) is 0 Å². The van der Waals surface area contributed by atoms with Crippen LogP contribution in [0.15, 0.2) is 21.8 Å². The first-order chi connectivity index (χ1) is 9.03. The van der Waals surface area contributed by atoms with Crippen molar-refractivity contribution in [2.45, 2.75) is 24.0 Å². The Morgan fingerprint density at radius 3 is 2.95 bits per heavy atom. The molecule has 0 amide bonds. The van der Waals surface area contributed by atoms with E-state index in [2.05, 4.69) is 14.8 Å². The Kier molecular flexibility index (Phi) is 6.00. The highest BCUT2D eigenvalue weighted by Gasteiger charge is 2.23. The highest BCUT2D eigenvalue weighted by Crippen LogP contribution is 2.15. The number of esters is 1. The predicted octanol–water partition coefficient (Wildman–Crippen LogP) is 0.518. The number of nitrogens with one attached hydrogen (secondary N) is 2. The third-order valence-electron chi connectivity index (χ3n) is 2.94. The van der Waals surface area contributed by atoms with Gasteiger partial charge in [0, 0.05) is 18.7 Å². The Labute approximate surface area is 123 Å². The topological polar surface area (TPSA) is 97.6 Å². The normalized spacial score (nSPS) is 18.6. The lowest BCUT2D eigenvalue weighted by molar-refractivity contribution is 0.0600. The smallest absolute Gasteiger partial charge is 0.341 e. The van der Waals surface area contributed by atoms with E-state index in [1.165, 1.54) is 7.11 Å². The fraction of sp³-hybridized carbons (Fsp3) is 0.545. The molecule has 2 N–H and O–H groups in total. The van der Waals surface area contributed by atoms with Crippen molar-refractivity contribution in [2.75, 3.05) is 20.2 Å². The summed E-state index contributed by atoms with van der Waals surface area (Å²) in [6.07, 6.45) is 3.04. The van der Waals surface area contributed by atoms with Crippen molar-refractivity contribution in [3.63, 3.8) is 0 Å². The molecule has 0 spiro atoms. The van der Waals surface area contributed by atoms with Crippen molar-refractivity contribution in [3.8, 4) is 0 Å². The Morgan fingerprint density at radius 2 is 2.35 bits per heavy atom. The summed E-state index contributed by atoms with van der Waals surface area (Å²) in [4.78, 5) is 11.2. The number of carbonyl (C=O) groups is 1. The first-order valence-electron chi connectivity index (χ1n) is 5.93. The molecule has 0 aliphatic carbocycles. The second-order valence-electron chi connectivity index (χ2n) is 4.29. The molecule has 1 saturated heterocycles. The molecule has 1 aromatic rings. The van der Waals surface area contributed by atoms with Crippen molar-refractivity contribution in [1.29, 1.82) is 0 Å². The lowest BCUT2D eigenvalue weighted by Crippen LogP contribution is -2.37. The van der Waals surface area contributed by atoms with Crippen LogP contribution in [0.4, 0.5) is 0 Å². The lowest BCUT2D eigenvalue weighted by atomic mass is 10.2. The number of methoxy groups -OCH3 is 1. The molecular weight excluding hydrogens is 308 g/mol. The zero-order valence-corrected chi connectivity index (χ0v) is 12.6. The zero-order chi connectivity index (χ0) is 13.9. The van der Waals surface area contributed by atoms with Gasteiger partial charge < -0.3 is 14.5 Å². The van der Waals surface area contributed by atoms with E-state index in [1.54, 1.807) is 0 Å². The van der Waals surface area contributed by atoms with Crippen LogP contribution >= 0.6 is 12.4 Å². The fourth-order valence-electron chi connectivity index (χ4n) is 1.89. The van der Waals surface area contributed by atoms with Gasteiger partial charge in [-0.15, -0.1) is 12.4 Å². The molecule has 0 saturated carbocycles. The summed E-state index contributed by atoms with van der Waals surface area (Å²) in [5.41, 5.74) is 0.0712. The SMILES string of the molecule is COC(=O)c1coc(S(=O)(=O)NCC2CCCN2)c1.Cl. The molecule has 7 nitrogen and oxygen atoms in total. The summed E-state index contributed by atoms with van der Waals surface area (Å²) in [6.45, 7) is 1.20. The van der Waals surface area contributed by atoms with Gasteiger partial charge in [-0.1, -0.05) is 0 Å². The molecule has 1 aromatic heterocycles. The number of hydrogen-bond acceptors (Lipinski definition) is 6. The minimum atomic E-state index is -3.73. The number of furan rings is 1. The minimum absolute atomic E-state index is 0. The number of hydrogen-bond donors (Lipinski definition) is 2. The van der Waals surface area contributed by atoms with Crippen LogP contribution in [0.1, 0.15) is 23.2 Å². The van der Waals surface area contributed by atoms with Crippen LogP contribution in [-0.2, 0) is 14.8 Å². The molecule has 1 fully saturated rings. The van der Waals surface area contributed by atoms with E-state index in [1.807, 2.05) is 0 Å². The Balaban J connectivity index is 0.00000200. The van der Waals surface area contributed by atoms with Crippen LogP contribution < -0.4 is 10.0 Å². The van der Waals surface area contributed by atoms with Crippen LogP contribution in [-0.4, -0.2) is 40.6 Å². The summed E-state index contributed by atoms with van der Waals surface area (Å²) < 4.78 is 35.7.